The molecular formula is C14H14. The third-order valence-electron chi connectivity index (χ3n) is 2.57. The first-order chi connectivity index (χ1) is 6.83. The summed E-state index contributed by atoms with van der Waals surface area (Å²) in [6, 6.07) is 13.1. The van der Waals surface area contributed by atoms with Crippen molar-refractivity contribution in [3.63, 3.8) is 0 Å². The average Bonchev–Trinajstić information content (AvgIpc) is 2.27. The summed E-state index contributed by atoms with van der Waals surface area (Å²) in [6.07, 6.45) is 2.98. The molecule has 14 heavy (non-hydrogen) atoms. The van der Waals surface area contributed by atoms with Crippen LogP contribution in [-0.4, -0.2) is 0 Å². The standard InChI is InChI=1S/C14H14/c1-3-11-5-7-14-10-12(4-2)6-8-13(14)9-11/h3,5-10H,1,4H2,2H3. The van der Waals surface area contributed by atoms with Gasteiger partial charge < -0.3 is 0 Å². The Kier molecular flexibility index (Phi) is 2.36. The fourth-order valence-corrected chi connectivity index (χ4v) is 1.66. The minimum atomic E-state index is 1.10. The van der Waals surface area contributed by atoms with Crippen LogP contribution in [0, 0.1) is 0 Å². The van der Waals surface area contributed by atoms with Crippen LogP contribution in [0.25, 0.3) is 16.8 Å². The smallest absolute Gasteiger partial charge is 0.0178 e. The lowest BCUT2D eigenvalue weighted by Crippen LogP contribution is -1.81. The van der Waals surface area contributed by atoms with Crippen LogP contribution in [0.15, 0.2) is 43.0 Å². The Labute approximate surface area is 84.9 Å². The summed E-state index contributed by atoms with van der Waals surface area (Å²) in [5, 5.41) is 2.61. The van der Waals surface area contributed by atoms with E-state index in [1.165, 1.54) is 21.9 Å². The van der Waals surface area contributed by atoms with Gasteiger partial charge in [0.1, 0.15) is 0 Å². The molecule has 0 heterocycles. The first kappa shape index (κ1) is 9.01. The number of benzene rings is 2. The molecule has 2 aromatic carbocycles. The Balaban J connectivity index is 2.63. The van der Waals surface area contributed by atoms with Crippen molar-refractivity contribution in [2.24, 2.45) is 0 Å². The normalized spacial score (nSPS) is 10.4. The molecule has 0 heteroatoms. The predicted molar refractivity (Wildman–Crippen MR) is 63.4 cm³/mol. The summed E-state index contributed by atoms with van der Waals surface area (Å²) in [7, 11) is 0. The van der Waals surface area contributed by atoms with Crippen molar-refractivity contribution in [1.29, 1.82) is 0 Å². The maximum Gasteiger partial charge on any atom is -0.0178 e. The van der Waals surface area contributed by atoms with E-state index in [2.05, 4.69) is 49.9 Å². The third-order valence-corrected chi connectivity index (χ3v) is 2.57. The van der Waals surface area contributed by atoms with Gasteiger partial charge in [0.25, 0.3) is 0 Å². The van der Waals surface area contributed by atoms with Gasteiger partial charge in [-0.3, -0.25) is 0 Å². The van der Waals surface area contributed by atoms with Crippen LogP contribution >= 0.6 is 0 Å². The van der Waals surface area contributed by atoms with Gasteiger partial charge in [-0.2, -0.15) is 0 Å². The van der Waals surface area contributed by atoms with Crippen molar-refractivity contribution in [1.82, 2.24) is 0 Å². The predicted octanol–water partition coefficient (Wildman–Crippen LogP) is 4.05. The number of fused-ring (bicyclic) bond motifs is 1. The van der Waals surface area contributed by atoms with Gasteiger partial charge in [0, 0.05) is 0 Å². The van der Waals surface area contributed by atoms with E-state index in [0.717, 1.165) is 6.42 Å². The second-order valence-corrected chi connectivity index (χ2v) is 3.50. The third kappa shape index (κ3) is 1.56. The molecule has 0 atom stereocenters. The molecule has 2 rings (SSSR count). The maximum absolute atomic E-state index is 3.77. The number of rotatable bonds is 2. The molecule has 0 unspecified atom stereocenters. The molecule has 0 fully saturated rings. The van der Waals surface area contributed by atoms with Crippen LogP contribution < -0.4 is 0 Å². The molecule has 2 aromatic rings. The van der Waals surface area contributed by atoms with E-state index in [1.807, 2.05) is 6.08 Å². The lowest BCUT2D eigenvalue weighted by Gasteiger charge is -2.02. The average molecular weight is 182 g/mol. The zero-order chi connectivity index (χ0) is 9.97. The molecule has 0 saturated heterocycles. The van der Waals surface area contributed by atoms with Gasteiger partial charge in [0.15, 0.2) is 0 Å². The van der Waals surface area contributed by atoms with E-state index < -0.39 is 0 Å². The van der Waals surface area contributed by atoms with Gasteiger partial charge in [-0.1, -0.05) is 49.9 Å². The van der Waals surface area contributed by atoms with E-state index >= 15 is 0 Å². The molecular weight excluding hydrogens is 168 g/mol. The zero-order valence-electron chi connectivity index (χ0n) is 8.46. The number of aryl methyl sites for hydroxylation is 1. The van der Waals surface area contributed by atoms with E-state index in [9.17, 15) is 0 Å². The van der Waals surface area contributed by atoms with E-state index in [1.54, 1.807) is 0 Å². The van der Waals surface area contributed by atoms with Crippen LogP contribution in [0.4, 0.5) is 0 Å². The van der Waals surface area contributed by atoms with Gasteiger partial charge in [0.05, 0.1) is 0 Å². The van der Waals surface area contributed by atoms with Crippen molar-refractivity contribution >= 4 is 16.8 Å². The highest BCUT2D eigenvalue weighted by atomic mass is 14.0. The largest absolute Gasteiger partial charge is 0.0985 e. The van der Waals surface area contributed by atoms with Crippen LogP contribution in [0.3, 0.4) is 0 Å². The summed E-state index contributed by atoms with van der Waals surface area (Å²) in [4.78, 5) is 0. The van der Waals surface area contributed by atoms with Crippen LogP contribution in [0.5, 0.6) is 0 Å². The number of hydrogen-bond donors (Lipinski definition) is 0. The molecule has 0 aliphatic carbocycles. The van der Waals surface area contributed by atoms with Gasteiger partial charge in [0.2, 0.25) is 0 Å². The lowest BCUT2D eigenvalue weighted by molar-refractivity contribution is 1.15. The molecule has 0 saturated carbocycles. The van der Waals surface area contributed by atoms with Crippen molar-refractivity contribution in [3.8, 4) is 0 Å². The maximum atomic E-state index is 3.77. The minimum Gasteiger partial charge on any atom is -0.0985 e. The van der Waals surface area contributed by atoms with Crippen LogP contribution in [0.1, 0.15) is 18.1 Å². The van der Waals surface area contributed by atoms with Gasteiger partial charge in [-0.05, 0) is 34.4 Å². The van der Waals surface area contributed by atoms with Crippen molar-refractivity contribution in [2.45, 2.75) is 13.3 Å². The molecule has 0 aliphatic heterocycles. The van der Waals surface area contributed by atoms with Crippen LogP contribution in [0.2, 0.25) is 0 Å². The highest BCUT2D eigenvalue weighted by molar-refractivity contribution is 5.85. The van der Waals surface area contributed by atoms with Gasteiger partial charge in [-0.25, -0.2) is 0 Å². The van der Waals surface area contributed by atoms with Crippen molar-refractivity contribution < 1.29 is 0 Å². The summed E-state index contributed by atoms with van der Waals surface area (Å²) in [5.74, 6) is 0. The fourth-order valence-electron chi connectivity index (χ4n) is 1.66. The van der Waals surface area contributed by atoms with E-state index in [-0.39, 0.29) is 0 Å². The SMILES string of the molecule is C=Cc1ccc2cc(CC)ccc2c1. The van der Waals surface area contributed by atoms with E-state index in [0.29, 0.717) is 0 Å². The Hall–Kier alpha value is -1.56. The molecule has 0 spiro atoms. The van der Waals surface area contributed by atoms with Crippen molar-refractivity contribution in [3.05, 3.63) is 54.1 Å². The molecule has 70 valence electrons. The Morgan fingerprint density at radius 1 is 1.07 bits per heavy atom. The molecule has 0 radical (unpaired) electrons. The van der Waals surface area contributed by atoms with E-state index in [4.69, 9.17) is 0 Å². The fraction of sp³-hybridized carbons (Fsp3) is 0.143. The summed E-state index contributed by atoms with van der Waals surface area (Å²) < 4.78 is 0. The van der Waals surface area contributed by atoms with Gasteiger partial charge in [-0.15, -0.1) is 0 Å². The quantitative estimate of drug-likeness (QED) is 0.657. The molecule has 0 nitrogen and oxygen atoms in total. The zero-order valence-corrected chi connectivity index (χ0v) is 8.46. The van der Waals surface area contributed by atoms with Crippen LogP contribution in [-0.2, 0) is 6.42 Å². The second kappa shape index (κ2) is 3.67. The Bertz CT molecular complexity index is 466. The number of hydrogen-bond acceptors (Lipinski definition) is 0. The highest BCUT2D eigenvalue weighted by Gasteiger charge is 1.95. The summed E-state index contributed by atoms with van der Waals surface area (Å²) in [6.45, 7) is 5.95. The Morgan fingerprint density at radius 2 is 1.79 bits per heavy atom. The second-order valence-electron chi connectivity index (χ2n) is 3.50. The molecule has 0 N–H and O–H groups in total. The monoisotopic (exact) mass is 182 g/mol. The molecule has 0 aliphatic rings. The Morgan fingerprint density at radius 3 is 2.50 bits per heavy atom. The molecule has 0 amide bonds. The topological polar surface area (TPSA) is 0 Å². The highest BCUT2D eigenvalue weighted by Crippen LogP contribution is 2.18. The van der Waals surface area contributed by atoms with Gasteiger partial charge >= 0.3 is 0 Å². The summed E-state index contributed by atoms with van der Waals surface area (Å²) >= 11 is 0. The molecule has 0 aromatic heterocycles. The first-order valence-corrected chi connectivity index (χ1v) is 4.98. The minimum absolute atomic E-state index is 1.10. The molecule has 0 bridgehead atoms. The van der Waals surface area contributed by atoms with Crippen molar-refractivity contribution in [2.75, 3.05) is 0 Å². The first-order valence-electron chi connectivity index (χ1n) is 4.98. The lowest BCUT2D eigenvalue weighted by atomic mass is 10.0. The summed E-state index contributed by atoms with van der Waals surface area (Å²) in [5.41, 5.74) is 2.57.